The zero-order valence-corrected chi connectivity index (χ0v) is 15.0. The summed E-state index contributed by atoms with van der Waals surface area (Å²) in [5.41, 5.74) is 0.371. The highest BCUT2D eigenvalue weighted by atomic mass is 35.5. The summed E-state index contributed by atoms with van der Waals surface area (Å²) in [6, 6.07) is 20.4. The Morgan fingerprint density at radius 1 is 0.808 bits per heavy atom. The van der Waals surface area contributed by atoms with Gasteiger partial charge < -0.3 is 14.2 Å². The molecule has 3 rings (SSSR count). The lowest BCUT2D eigenvalue weighted by molar-refractivity contribution is 0.0732. The molecule has 0 aliphatic heterocycles. The summed E-state index contributed by atoms with van der Waals surface area (Å²) in [5.74, 6) is 0.932. The second-order valence-corrected chi connectivity index (χ2v) is 6.06. The lowest BCUT2D eigenvalue weighted by Crippen LogP contribution is -2.10. The maximum absolute atomic E-state index is 12.2. The molecule has 3 aromatic rings. The van der Waals surface area contributed by atoms with Crippen LogP contribution in [0.1, 0.15) is 10.4 Å². The molecule has 0 saturated heterocycles. The van der Waals surface area contributed by atoms with E-state index in [4.69, 9.17) is 37.4 Å². The smallest absolute Gasteiger partial charge is 0.343 e. The Hall–Kier alpha value is -2.69. The highest BCUT2D eigenvalue weighted by Gasteiger charge is 2.10. The molecule has 0 amide bonds. The van der Waals surface area contributed by atoms with E-state index in [9.17, 15) is 4.79 Å². The van der Waals surface area contributed by atoms with Crippen LogP contribution in [0.2, 0.25) is 10.0 Å². The van der Waals surface area contributed by atoms with Gasteiger partial charge in [-0.05, 0) is 48.5 Å². The highest BCUT2D eigenvalue weighted by molar-refractivity contribution is 6.35. The van der Waals surface area contributed by atoms with Crippen molar-refractivity contribution in [2.75, 3.05) is 6.79 Å². The Bertz CT molecular complexity index is 897. The van der Waals surface area contributed by atoms with Crippen molar-refractivity contribution < 1.29 is 19.0 Å². The maximum Gasteiger partial charge on any atom is 0.343 e. The largest absolute Gasteiger partial charge is 0.457 e. The van der Waals surface area contributed by atoms with Crippen LogP contribution in [-0.2, 0) is 0 Å². The molecule has 6 heteroatoms. The van der Waals surface area contributed by atoms with Crippen molar-refractivity contribution in [1.82, 2.24) is 0 Å². The second kappa shape index (κ2) is 8.61. The summed E-state index contributed by atoms with van der Waals surface area (Å²) in [6.07, 6.45) is 0. The highest BCUT2D eigenvalue weighted by Crippen LogP contribution is 2.27. The summed E-state index contributed by atoms with van der Waals surface area (Å²) in [4.78, 5) is 12.2. The molecule has 0 spiro atoms. The number of hydrogen-bond donors (Lipinski definition) is 0. The van der Waals surface area contributed by atoms with Crippen LogP contribution in [0.15, 0.2) is 72.8 Å². The Labute approximate surface area is 160 Å². The zero-order chi connectivity index (χ0) is 18.4. The van der Waals surface area contributed by atoms with Crippen LogP contribution in [0, 0.1) is 0 Å². The average Bonchev–Trinajstić information content (AvgIpc) is 2.64. The number of para-hydroxylation sites is 1. The molecule has 0 aliphatic carbocycles. The number of benzene rings is 3. The van der Waals surface area contributed by atoms with Crippen LogP contribution >= 0.6 is 23.2 Å². The van der Waals surface area contributed by atoms with Gasteiger partial charge in [-0.1, -0.05) is 47.5 Å². The SMILES string of the molecule is O=C(Oc1ccccc1)c1cccc(OCOc2ccc(Cl)cc2Cl)c1. The van der Waals surface area contributed by atoms with E-state index in [1.165, 1.54) is 0 Å². The van der Waals surface area contributed by atoms with Gasteiger partial charge >= 0.3 is 5.97 Å². The zero-order valence-electron chi connectivity index (χ0n) is 13.5. The quantitative estimate of drug-likeness (QED) is 0.312. The number of carbonyl (C=O) groups is 1. The third kappa shape index (κ3) is 4.91. The van der Waals surface area contributed by atoms with Gasteiger partial charge in [-0.2, -0.15) is 0 Å². The third-order valence-corrected chi connectivity index (χ3v) is 3.89. The molecule has 0 fully saturated rings. The minimum absolute atomic E-state index is 0.0709. The van der Waals surface area contributed by atoms with Gasteiger partial charge in [0.25, 0.3) is 0 Å². The number of esters is 1. The molecule has 0 atom stereocenters. The van der Waals surface area contributed by atoms with Crippen LogP contribution in [0.3, 0.4) is 0 Å². The van der Waals surface area contributed by atoms with Crippen LogP contribution in [-0.4, -0.2) is 12.8 Å². The summed E-state index contributed by atoms with van der Waals surface area (Å²) < 4.78 is 16.3. The molecule has 0 aliphatic rings. The number of halogens is 2. The summed E-state index contributed by atoms with van der Waals surface area (Å²) >= 11 is 11.9. The molecule has 0 heterocycles. The molecule has 26 heavy (non-hydrogen) atoms. The van der Waals surface area contributed by atoms with Gasteiger partial charge in [-0.25, -0.2) is 4.79 Å². The van der Waals surface area contributed by atoms with E-state index >= 15 is 0 Å². The molecule has 4 nitrogen and oxygen atoms in total. The van der Waals surface area contributed by atoms with Crippen molar-refractivity contribution in [2.45, 2.75) is 0 Å². The van der Waals surface area contributed by atoms with Gasteiger partial charge in [-0.15, -0.1) is 0 Å². The molecule has 0 radical (unpaired) electrons. The van der Waals surface area contributed by atoms with Crippen LogP contribution < -0.4 is 14.2 Å². The van der Waals surface area contributed by atoms with Crippen molar-refractivity contribution in [3.63, 3.8) is 0 Å². The van der Waals surface area contributed by atoms with Crippen molar-refractivity contribution in [1.29, 1.82) is 0 Å². The van der Waals surface area contributed by atoms with E-state index in [1.807, 2.05) is 6.07 Å². The third-order valence-electron chi connectivity index (χ3n) is 3.36. The van der Waals surface area contributed by atoms with Crippen molar-refractivity contribution in [3.8, 4) is 17.2 Å². The molecule has 3 aromatic carbocycles. The minimum Gasteiger partial charge on any atom is -0.457 e. The lowest BCUT2D eigenvalue weighted by atomic mass is 10.2. The van der Waals surface area contributed by atoms with Gasteiger partial charge in [0.2, 0.25) is 6.79 Å². The first kappa shape index (κ1) is 18.1. The first-order chi connectivity index (χ1) is 12.6. The average molecular weight is 389 g/mol. The molecule has 0 bridgehead atoms. The van der Waals surface area contributed by atoms with Gasteiger partial charge in [0, 0.05) is 5.02 Å². The van der Waals surface area contributed by atoms with E-state index in [0.29, 0.717) is 32.9 Å². The van der Waals surface area contributed by atoms with Crippen LogP contribution in [0.4, 0.5) is 0 Å². The summed E-state index contributed by atoms with van der Waals surface area (Å²) in [7, 11) is 0. The fourth-order valence-electron chi connectivity index (χ4n) is 2.12. The van der Waals surface area contributed by atoms with Gasteiger partial charge in [0.1, 0.15) is 17.2 Å². The normalized spacial score (nSPS) is 10.2. The molecular weight excluding hydrogens is 375 g/mol. The fraction of sp³-hybridized carbons (Fsp3) is 0.0500. The van der Waals surface area contributed by atoms with Crippen molar-refractivity contribution >= 4 is 29.2 Å². The van der Waals surface area contributed by atoms with Crippen molar-refractivity contribution in [3.05, 3.63) is 88.4 Å². The second-order valence-electron chi connectivity index (χ2n) is 5.21. The number of hydrogen-bond acceptors (Lipinski definition) is 4. The van der Waals surface area contributed by atoms with Crippen LogP contribution in [0.5, 0.6) is 17.2 Å². The Morgan fingerprint density at radius 2 is 1.58 bits per heavy atom. The van der Waals surface area contributed by atoms with E-state index in [-0.39, 0.29) is 6.79 Å². The Kier molecular flexibility index (Phi) is 6.00. The molecule has 132 valence electrons. The van der Waals surface area contributed by atoms with E-state index in [0.717, 1.165) is 0 Å². The topological polar surface area (TPSA) is 44.8 Å². The Balaban J connectivity index is 1.59. The maximum atomic E-state index is 12.2. The predicted octanol–water partition coefficient (Wildman–Crippen LogP) is 5.63. The van der Waals surface area contributed by atoms with Gasteiger partial charge in [-0.3, -0.25) is 0 Å². The van der Waals surface area contributed by atoms with Gasteiger partial charge in [0.15, 0.2) is 0 Å². The fourth-order valence-corrected chi connectivity index (χ4v) is 2.58. The molecule has 0 aromatic heterocycles. The molecule has 0 N–H and O–H groups in total. The van der Waals surface area contributed by atoms with E-state index in [2.05, 4.69) is 0 Å². The standard InChI is InChI=1S/C20H14Cl2O4/c21-15-9-10-19(18(22)12-15)25-13-24-17-8-4-5-14(11-17)20(23)26-16-6-2-1-3-7-16/h1-12H,13H2. The first-order valence-corrected chi connectivity index (χ1v) is 8.45. The summed E-state index contributed by atoms with van der Waals surface area (Å²) in [6.45, 7) is -0.0709. The predicted molar refractivity (Wildman–Crippen MR) is 100 cm³/mol. The monoisotopic (exact) mass is 388 g/mol. The van der Waals surface area contributed by atoms with Crippen LogP contribution in [0.25, 0.3) is 0 Å². The lowest BCUT2D eigenvalue weighted by Gasteiger charge is -2.11. The number of carbonyl (C=O) groups excluding carboxylic acids is 1. The number of ether oxygens (including phenoxy) is 3. The van der Waals surface area contributed by atoms with Crippen molar-refractivity contribution in [2.24, 2.45) is 0 Å². The summed E-state index contributed by atoms with van der Waals surface area (Å²) in [5, 5.41) is 0.911. The number of rotatable bonds is 6. The molecular formula is C20H14Cl2O4. The molecule has 0 unspecified atom stereocenters. The first-order valence-electron chi connectivity index (χ1n) is 7.70. The molecule has 0 saturated carbocycles. The van der Waals surface area contributed by atoms with Gasteiger partial charge in [0.05, 0.1) is 10.6 Å². The minimum atomic E-state index is -0.469. The van der Waals surface area contributed by atoms with E-state index < -0.39 is 5.97 Å². The van der Waals surface area contributed by atoms with E-state index in [1.54, 1.807) is 66.7 Å². The Morgan fingerprint density at radius 3 is 2.35 bits per heavy atom.